The van der Waals surface area contributed by atoms with Gasteiger partial charge in [0.2, 0.25) is 0 Å². The first kappa shape index (κ1) is 12.1. The van der Waals surface area contributed by atoms with Crippen LogP contribution in [0.15, 0.2) is 53.1 Å². The highest BCUT2D eigenvalue weighted by Crippen LogP contribution is 2.27. The van der Waals surface area contributed by atoms with Crippen molar-refractivity contribution < 1.29 is 9.84 Å². The maximum absolute atomic E-state index is 9.54. The van der Waals surface area contributed by atoms with Crippen molar-refractivity contribution in [2.45, 2.75) is 6.61 Å². The maximum Gasteiger partial charge on any atom is 0.133 e. The van der Waals surface area contributed by atoms with Gasteiger partial charge in [-0.2, -0.15) is 0 Å². The lowest BCUT2D eigenvalue weighted by atomic mass is 10.2. The van der Waals surface area contributed by atoms with E-state index in [9.17, 15) is 5.11 Å². The third kappa shape index (κ3) is 2.44. The van der Waals surface area contributed by atoms with Crippen molar-refractivity contribution >= 4 is 26.8 Å². The predicted octanol–water partition coefficient (Wildman–Crippen LogP) is 4.22. The second-order valence-corrected chi connectivity index (χ2v) is 5.12. The molecule has 19 heavy (non-hydrogen) atoms. The molecular formula is C15H12BrNO2. The van der Waals surface area contributed by atoms with E-state index in [1.54, 1.807) is 12.1 Å². The number of nitrogens with one attached hydrogen (secondary N) is 1. The first-order chi connectivity index (χ1) is 9.24. The molecule has 0 saturated carbocycles. The number of aromatic hydroxyl groups is 1. The monoisotopic (exact) mass is 317 g/mol. The van der Waals surface area contributed by atoms with Crippen molar-refractivity contribution in [1.82, 2.24) is 4.98 Å². The molecule has 0 bridgehead atoms. The third-order valence-electron chi connectivity index (χ3n) is 2.97. The zero-order chi connectivity index (χ0) is 13.2. The molecule has 3 rings (SSSR count). The van der Waals surface area contributed by atoms with Crippen LogP contribution in [0.3, 0.4) is 0 Å². The van der Waals surface area contributed by atoms with E-state index in [2.05, 4.69) is 20.9 Å². The Morgan fingerprint density at radius 2 is 2.00 bits per heavy atom. The van der Waals surface area contributed by atoms with Gasteiger partial charge < -0.3 is 14.8 Å². The summed E-state index contributed by atoms with van der Waals surface area (Å²) in [5.74, 6) is 1.06. The molecule has 0 spiro atoms. The molecule has 0 amide bonds. The molecule has 2 aromatic carbocycles. The number of rotatable bonds is 3. The molecule has 1 aromatic heterocycles. The highest BCUT2D eigenvalue weighted by molar-refractivity contribution is 9.10. The first-order valence-electron chi connectivity index (χ1n) is 5.90. The van der Waals surface area contributed by atoms with Crippen molar-refractivity contribution in [3.8, 4) is 11.5 Å². The molecular weight excluding hydrogens is 306 g/mol. The summed E-state index contributed by atoms with van der Waals surface area (Å²) >= 11 is 3.45. The van der Waals surface area contributed by atoms with Crippen LogP contribution in [0.1, 0.15) is 5.56 Å². The van der Waals surface area contributed by atoms with Gasteiger partial charge in [0.05, 0.1) is 4.47 Å². The molecule has 0 aliphatic heterocycles. The minimum atomic E-state index is 0.259. The summed E-state index contributed by atoms with van der Waals surface area (Å²) in [4.78, 5) is 3.16. The first-order valence-corrected chi connectivity index (χ1v) is 6.69. The standard InChI is InChI=1S/C15H12BrNO2/c16-13-3-1-2-4-15(13)19-9-10-8-17-14-6-5-11(18)7-12(10)14/h1-8,17-18H,9H2. The number of para-hydroxylation sites is 1. The van der Waals surface area contributed by atoms with Crippen molar-refractivity contribution in [2.24, 2.45) is 0 Å². The van der Waals surface area contributed by atoms with E-state index >= 15 is 0 Å². The quantitative estimate of drug-likeness (QED) is 0.759. The van der Waals surface area contributed by atoms with Gasteiger partial charge in [-0.3, -0.25) is 0 Å². The van der Waals surface area contributed by atoms with E-state index in [4.69, 9.17) is 4.74 Å². The Morgan fingerprint density at radius 1 is 1.16 bits per heavy atom. The van der Waals surface area contributed by atoms with Crippen LogP contribution in [-0.2, 0) is 6.61 Å². The Bertz CT molecular complexity index is 721. The Balaban J connectivity index is 1.86. The fourth-order valence-electron chi connectivity index (χ4n) is 2.00. The smallest absolute Gasteiger partial charge is 0.133 e. The lowest BCUT2D eigenvalue weighted by molar-refractivity contribution is 0.305. The maximum atomic E-state index is 9.54. The summed E-state index contributed by atoms with van der Waals surface area (Å²) < 4.78 is 6.71. The molecule has 0 saturated heterocycles. The van der Waals surface area contributed by atoms with Crippen molar-refractivity contribution in [3.63, 3.8) is 0 Å². The van der Waals surface area contributed by atoms with Gasteiger partial charge in [0.15, 0.2) is 0 Å². The molecule has 0 aliphatic carbocycles. The lowest BCUT2D eigenvalue weighted by Crippen LogP contribution is -1.94. The second kappa shape index (κ2) is 4.97. The van der Waals surface area contributed by atoms with Crippen molar-refractivity contribution in [2.75, 3.05) is 0 Å². The van der Waals surface area contributed by atoms with Gasteiger partial charge in [-0.15, -0.1) is 0 Å². The van der Waals surface area contributed by atoms with Crippen molar-refractivity contribution in [1.29, 1.82) is 0 Å². The summed E-state index contributed by atoms with van der Waals surface area (Å²) in [7, 11) is 0. The zero-order valence-electron chi connectivity index (χ0n) is 10.1. The molecule has 1 heterocycles. The number of phenols is 1. The van der Waals surface area contributed by atoms with Crippen molar-refractivity contribution in [3.05, 3.63) is 58.7 Å². The summed E-state index contributed by atoms with van der Waals surface area (Å²) in [6, 6.07) is 13.0. The van der Waals surface area contributed by atoms with Crippen LogP contribution in [0.5, 0.6) is 11.5 Å². The SMILES string of the molecule is Oc1ccc2[nH]cc(COc3ccccc3Br)c2c1. The number of aromatic nitrogens is 1. The van der Waals surface area contributed by atoms with Crippen LogP contribution in [0.2, 0.25) is 0 Å². The number of halogens is 1. The Morgan fingerprint density at radius 3 is 2.84 bits per heavy atom. The summed E-state index contributed by atoms with van der Waals surface area (Å²) in [6.45, 7) is 0.450. The van der Waals surface area contributed by atoms with Gasteiger partial charge in [-0.1, -0.05) is 12.1 Å². The third-order valence-corrected chi connectivity index (χ3v) is 3.63. The number of hydrogen-bond donors (Lipinski definition) is 2. The van der Waals surface area contributed by atoms with Crippen LogP contribution < -0.4 is 4.74 Å². The van der Waals surface area contributed by atoms with E-state index in [0.717, 1.165) is 26.7 Å². The summed E-state index contributed by atoms with van der Waals surface area (Å²) in [6.07, 6.45) is 1.90. The average Bonchev–Trinajstić information content (AvgIpc) is 2.80. The second-order valence-electron chi connectivity index (χ2n) is 4.26. The molecule has 0 unspecified atom stereocenters. The number of benzene rings is 2. The number of H-pyrrole nitrogens is 1. The molecule has 4 heteroatoms. The van der Waals surface area contributed by atoms with Crippen LogP contribution in [0.4, 0.5) is 0 Å². The largest absolute Gasteiger partial charge is 0.508 e. The fraction of sp³-hybridized carbons (Fsp3) is 0.0667. The number of fused-ring (bicyclic) bond motifs is 1. The van der Waals surface area contributed by atoms with E-state index < -0.39 is 0 Å². The predicted molar refractivity (Wildman–Crippen MR) is 78.4 cm³/mol. The Labute approximate surface area is 119 Å². The molecule has 3 nitrogen and oxygen atoms in total. The van der Waals surface area contributed by atoms with E-state index in [1.165, 1.54) is 0 Å². The molecule has 0 radical (unpaired) electrons. The minimum absolute atomic E-state index is 0.259. The topological polar surface area (TPSA) is 45.2 Å². The van der Waals surface area contributed by atoms with E-state index in [0.29, 0.717) is 6.61 Å². The van der Waals surface area contributed by atoms with Crippen LogP contribution in [0.25, 0.3) is 10.9 Å². The van der Waals surface area contributed by atoms with Crippen LogP contribution in [-0.4, -0.2) is 10.1 Å². The molecule has 0 aliphatic rings. The van der Waals surface area contributed by atoms with Gasteiger partial charge in [0.25, 0.3) is 0 Å². The van der Waals surface area contributed by atoms with Gasteiger partial charge in [0.1, 0.15) is 18.1 Å². The van der Waals surface area contributed by atoms with E-state index in [-0.39, 0.29) is 5.75 Å². The van der Waals surface area contributed by atoms with Crippen LogP contribution in [0, 0.1) is 0 Å². The molecule has 96 valence electrons. The summed E-state index contributed by atoms with van der Waals surface area (Å²) in [5.41, 5.74) is 2.00. The molecule has 0 atom stereocenters. The molecule has 3 aromatic rings. The normalized spacial score (nSPS) is 10.8. The Kier molecular flexibility index (Phi) is 3.17. The van der Waals surface area contributed by atoms with E-state index in [1.807, 2.05) is 36.5 Å². The highest BCUT2D eigenvalue weighted by Gasteiger charge is 2.06. The van der Waals surface area contributed by atoms with Gasteiger partial charge in [-0.25, -0.2) is 0 Å². The van der Waals surface area contributed by atoms with Crippen LogP contribution >= 0.6 is 15.9 Å². The highest BCUT2D eigenvalue weighted by atomic mass is 79.9. The number of hydrogen-bond acceptors (Lipinski definition) is 2. The molecule has 2 N–H and O–H groups in total. The number of aromatic amines is 1. The lowest BCUT2D eigenvalue weighted by Gasteiger charge is -2.07. The number of ether oxygens (including phenoxy) is 1. The fourth-order valence-corrected chi connectivity index (χ4v) is 2.40. The minimum Gasteiger partial charge on any atom is -0.508 e. The average molecular weight is 318 g/mol. The Hall–Kier alpha value is -1.94. The zero-order valence-corrected chi connectivity index (χ0v) is 11.6. The van der Waals surface area contributed by atoms with Gasteiger partial charge in [-0.05, 0) is 46.3 Å². The van der Waals surface area contributed by atoms with Gasteiger partial charge >= 0.3 is 0 Å². The van der Waals surface area contributed by atoms with Gasteiger partial charge in [0, 0.05) is 22.7 Å². The number of phenolic OH excluding ortho intramolecular Hbond substituents is 1. The molecule has 0 fully saturated rings. The summed E-state index contributed by atoms with van der Waals surface area (Å²) in [5, 5.41) is 10.5.